The molecule has 1 aromatic rings. The van der Waals surface area contributed by atoms with E-state index in [-0.39, 0.29) is 13.2 Å². The summed E-state index contributed by atoms with van der Waals surface area (Å²) >= 11 is 0. The van der Waals surface area contributed by atoms with Gasteiger partial charge in [-0.25, -0.2) is 0 Å². The molecule has 1 rings (SSSR count). The number of rotatable bonds is 1. The second-order valence-electron chi connectivity index (χ2n) is 2.08. The second-order valence-corrected chi connectivity index (χ2v) is 2.08. The summed E-state index contributed by atoms with van der Waals surface area (Å²) < 4.78 is 0. The number of hydrogen-bond donors (Lipinski definition) is 4. The first-order valence-electron chi connectivity index (χ1n) is 3.54. The van der Waals surface area contributed by atoms with Crippen LogP contribution in [0.1, 0.15) is 0 Å². The van der Waals surface area contributed by atoms with Gasteiger partial charge in [-0.15, -0.1) is 0 Å². The zero-order valence-corrected chi connectivity index (χ0v) is 6.77. The van der Waals surface area contributed by atoms with Gasteiger partial charge >= 0.3 is 0 Å². The Morgan fingerprint density at radius 1 is 0.917 bits per heavy atom. The van der Waals surface area contributed by atoms with Crippen molar-refractivity contribution in [1.82, 2.24) is 0 Å². The van der Waals surface area contributed by atoms with Crippen molar-refractivity contribution in [1.29, 1.82) is 0 Å². The van der Waals surface area contributed by atoms with Crippen molar-refractivity contribution in [3.8, 4) is 0 Å². The Morgan fingerprint density at radius 3 is 1.42 bits per heavy atom. The number of aliphatic hydroxyl groups is 2. The Hall–Kier alpha value is -1.26. The summed E-state index contributed by atoms with van der Waals surface area (Å²) in [7, 11) is 0. The summed E-state index contributed by atoms with van der Waals surface area (Å²) in [4.78, 5) is 0. The lowest BCUT2D eigenvalue weighted by Crippen LogP contribution is -1.91. The monoisotopic (exact) mass is 170 g/mol. The molecule has 0 saturated carbocycles. The molecule has 4 heteroatoms. The minimum Gasteiger partial charge on any atom is -0.397 e. The highest BCUT2D eigenvalue weighted by molar-refractivity contribution is 5.62. The highest BCUT2D eigenvalue weighted by Crippen LogP contribution is 2.10. The van der Waals surface area contributed by atoms with Crippen molar-refractivity contribution >= 4 is 11.4 Å². The molecule has 0 radical (unpaired) electrons. The van der Waals surface area contributed by atoms with Crippen LogP contribution in [0, 0.1) is 0 Å². The van der Waals surface area contributed by atoms with Gasteiger partial charge < -0.3 is 21.7 Å². The summed E-state index contributed by atoms with van der Waals surface area (Å²) in [6.45, 7) is -0.250. The minimum absolute atomic E-state index is 0.125. The third-order valence-electron chi connectivity index (χ3n) is 1.10. The van der Waals surface area contributed by atoms with Gasteiger partial charge in [0.15, 0.2) is 0 Å². The number of aliphatic hydroxyl groups excluding tert-OH is 2. The highest BCUT2D eigenvalue weighted by atomic mass is 16.3. The maximum absolute atomic E-state index is 7.62. The van der Waals surface area contributed by atoms with Crippen molar-refractivity contribution < 1.29 is 10.2 Å². The molecule has 0 bridgehead atoms. The van der Waals surface area contributed by atoms with Crippen LogP contribution in [0.4, 0.5) is 11.4 Å². The molecule has 0 fully saturated rings. The van der Waals surface area contributed by atoms with Gasteiger partial charge in [-0.3, -0.25) is 0 Å². The van der Waals surface area contributed by atoms with Gasteiger partial charge in [0, 0.05) is 0 Å². The fourth-order valence-corrected chi connectivity index (χ4v) is 0.511. The fourth-order valence-electron chi connectivity index (χ4n) is 0.511. The molecule has 6 N–H and O–H groups in total. The van der Waals surface area contributed by atoms with Crippen LogP contribution in [-0.2, 0) is 0 Å². The van der Waals surface area contributed by atoms with E-state index in [4.69, 9.17) is 21.7 Å². The quantitative estimate of drug-likeness (QED) is 0.440. The van der Waals surface area contributed by atoms with Crippen LogP contribution in [0.3, 0.4) is 0 Å². The second kappa shape index (κ2) is 6.45. The van der Waals surface area contributed by atoms with E-state index in [0.717, 1.165) is 0 Å². The maximum Gasteiger partial charge on any atom is 0.0662 e. The summed E-state index contributed by atoms with van der Waals surface area (Å²) in [5.74, 6) is 0. The van der Waals surface area contributed by atoms with Gasteiger partial charge in [0.1, 0.15) is 0 Å². The molecule has 0 amide bonds. The normalized spacial score (nSPS) is 8.50. The van der Waals surface area contributed by atoms with Crippen LogP contribution in [0.25, 0.3) is 0 Å². The molecule has 0 atom stereocenters. The molecule has 0 saturated heterocycles. The number of nitrogens with two attached hydrogens (primary N) is 2. The molecule has 4 nitrogen and oxygen atoms in total. The van der Waals surface area contributed by atoms with E-state index in [0.29, 0.717) is 11.4 Å². The number of benzene rings is 1. The van der Waals surface area contributed by atoms with Crippen LogP contribution < -0.4 is 11.5 Å². The predicted octanol–water partition coefficient (Wildman–Crippen LogP) is -0.178. The Labute approximate surface area is 71.4 Å². The molecule has 0 heterocycles. The zero-order valence-electron chi connectivity index (χ0n) is 6.77. The van der Waals surface area contributed by atoms with Crippen molar-refractivity contribution in [2.24, 2.45) is 0 Å². The number of anilines is 2. The van der Waals surface area contributed by atoms with Gasteiger partial charge in [0.25, 0.3) is 0 Å². The topological polar surface area (TPSA) is 92.5 Å². The van der Waals surface area contributed by atoms with Crippen molar-refractivity contribution in [2.75, 3.05) is 24.7 Å². The SMILES string of the molecule is Nc1ccccc1N.OCCO. The standard InChI is InChI=1S/C6H8N2.C2H6O2/c7-5-3-1-2-4-6(5)8;3-1-2-4/h1-4H,7-8H2;3-4H,1-2H2. The highest BCUT2D eigenvalue weighted by Gasteiger charge is 1.85. The van der Waals surface area contributed by atoms with Gasteiger partial charge in [0.05, 0.1) is 24.6 Å². The average molecular weight is 170 g/mol. The molecule has 0 aromatic heterocycles. The predicted molar refractivity (Wildman–Crippen MR) is 49.4 cm³/mol. The molecule has 0 aliphatic heterocycles. The molecule has 0 spiro atoms. The average Bonchev–Trinajstić information content (AvgIpc) is 2.11. The summed E-state index contributed by atoms with van der Waals surface area (Å²) in [6.07, 6.45) is 0. The third kappa shape index (κ3) is 4.54. The van der Waals surface area contributed by atoms with Crippen LogP contribution in [0.5, 0.6) is 0 Å². The molecular formula is C8H14N2O2. The molecule has 12 heavy (non-hydrogen) atoms. The first kappa shape index (κ1) is 10.7. The van der Waals surface area contributed by atoms with Crippen LogP contribution >= 0.6 is 0 Å². The first-order valence-corrected chi connectivity index (χ1v) is 3.54. The lowest BCUT2D eigenvalue weighted by Gasteiger charge is -1.94. The summed E-state index contributed by atoms with van der Waals surface area (Å²) in [6, 6.07) is 7.25. The lowest BCUT2D eigenvalue weighted by molar-refractivity contribution is 0.186. The maximum atomic E-state index is 7.62. The van der Waals surface area contributed by atoms with E-state index in [2.05, 4.69) is 0 Å². The molecular weight excluding hydrogens is 156 g/mol. The van der Waals surface area contributed by atoms with Gasteiger partial charge in [-0.05, 0) is 12.1 Å². The van der Waals surface area contributed by atoms with Crippen LogP contribution in [0.2, 0.25) is 0 Å². The first-order chi connectivity index (χ1) is 5.72. The van der Waals surface area contributed by atoms with Crippen molar-refractivity contribution in [3.63, 3.8) is 0 Å². The molecule has 0 unspecified atom stereocenters. The summed E-state index contributed by atoms with van der Waals surface area (Å²) in [5, 5.41) is 15.2. The molecule has 68 valence electrons. The number of nitrogen functional groups attached to an aromatic ring is 2. The molecule has 0 aliphatic rings. The van der Waals surface area contributed by atoms with E-state index in [1.165, 1.54) is 0 Å². The van der Waals surface area contributed by atoms with Gasteiger partial charge in [0.2, 0.25) is 0 Å². The lowest BCUT2D eigenvalue weighted by atomic mass is 10.3. The van der Waals surface area contributed by atoms with E-state index < -0.39 is 0 Å². The summed E-state index contributed by atoms with van der Waals surface area (Å²) in [5.41, 5.74) is 12.1. The number of para-hydroxylation sites is 2. The van der Waals surface area contributed by atoms with Crippen molar-refractivity contribution in [2.45, 2.75) is 0 Å². The Kier molecular flexibility index (Phi) is 5.77. The fraction of sp³-hybridized carbons (Fsp3) is 0.250. The Morgan fingerprint density at radius 2 is 1.25 bits per heavy atom. The Balaban J connectivity index is 0.000000261. The number of hydrogen-bond acceptors (Lipinski definition) is 4. The minimum atomic E-state index is -0.125. The van der Waals surface area contributed by atoms with Gasteiger partial charge in [-0.2, -0.15) is 0 Å². The third-order valence-corrected chi connectivity index (χ3v) is 1.10. The van der Waals surface area contributed by atoms with Crippen LogP contribution in [0.15, 0.2) is 24.3 Å². The van der Waals surface area contributed by atoms with E-state index in [1.54, 1.807) is 12.1 Å². The van der Waals surface area contributed by atoms with E-state index in [1.807, 2.05) is 12.1 Å². The zero-order chi connectivity index (χ0) is 9.40. The van der Waals surface area contributed by atoms with E-state index in [9.17, 15) is 0 Å². The van der Waals surface area contributed by atoms with Gasteiger partial charge in [-0.1, -0.05) is 12.1 Å². The smallest absolute Gasteiger partial charge is 0.0662 e. The van der Waals surface area contributed by atoms with Crippen molar-refractivity contribution in [3.05, 3.63) is 24.3 Å². The van der Waals surface area contributed by atoms with E-state index >= 15 is 0 Å². The Bertz CT molecular complexity index is 193. The largest absolute Gasteiger partial charge is 0.397 e. The molecule has 0 aliphatic carbocycles. The molecule has 1 aromatic carbocycles. The van der Waals surface area contributed by atoms with Crippen LogP contribution in [-0.4, -0.2) is 23.4 Å².